The van der Waals surface area contributed by atoms with Gasteiger partial charge in [-0.3, -0.25) is 14.3 Å². The Labute approximate surface area is 149 Å². The highest BCUT2D eigenvalue weighted by molar-refractivity contribution is 7.89. The van der Waals surface area contributed by atoms with Gasteiger partial charge in [-0.2, -0.15) is 5.10 Å². The van der Waals surface area contributed by atoms with Gasteiger partial charge in [0.2, 0.25) is 15.5 Å². The molecule has 0 saturated heterocycles. The highest BCUT2D eigenvalue weighted by Crippen LogP contribution is 2.14. The van der Waals surface area contributed by atoms with Crippen LogP contribution in [0.25, 0.3) is 10.9 Å². The van der Waals surface area contributed by atoms with Crippen LogP contribution < -0.4 is 15.9 Å². The molecule has 3 aromatic rings. The number of primary sulfonamides is 1. The third kappa shape index (κ3) is 3.35. The van der Waals surface area contributed by atoms with E-state index >= 15 is 0 Å². The Balaban J connectivity index is 1.98. The minimum Gasteiger partial charge on any atom is -0.320 e. The number of aryl methyl sites for hydroxylation is 1. The van der Waals surface area contributed by atoms with Crippen molar-refractivity contribution in [2.75, 3.05) is 5.32 Å². The van der Waals surface area contributed by atoms with Crippen LogP contribution in [-0.4, -0.2) is 24.1 Å². The van der Waals surface area contributed by atoms with E-state index in [0.29, 0.717) is 23.1 Å². The number of hydrogen-bond donors (Lipinski definition) is 2. The lowest BCUT2D eigenvalue weighted by Crippen LogP contribution is -2.27. The molecule has 0 radical (unpaired) electrons. The van der Waals surface area contributed by atoms with Gasteiger partial charge in [0.25, 0.3) is 5.91 Å². The Bertz CT molecular complexity index is 1150. The van der Waals surface area contributed by atoms with Crippen molar-refractivity contribution >= 4 is 32.5 Å². The van der Waals surface area contributed by atoms with Gasteiger partial charge in [-0.1, -0.05) is 12.1 Å². The highest BCUT2D eigenvalue weighted by atomic mass is 32.2. The third-order valence-corrected chi connectivity index (χ3v) is 4.75. The molecule has 0 atom stereocenters. The van der Waals surface area contributed by atoms with Crippen molar-refractivity contribution in [1.29, 1.82) is 0 Å². The normalized spacial score (nSPS) is 11.5. The Kier molecular flexibility index (Phi) is 4.58. The number of rotatable bonds is 4. The molecule has 3 rings (SSSR count). The van der Waals surface area contributed by atoms with Crippen molar-refractivity contribution in [3.8, 4) is 0 Å². The van der Waals surface area contributed by atoms with Gasteiger partial charge in [-0.25, -0.2) is 13.6 Å². The molecular weight excluding hydrogens is 356 g/mol. The van der Waals surface area contributed by atoms with Crippen molar-refractivity contribution in [2.45, 2.75) is 18.4 Å². The minimum absolute atomic E-state index is 0.0762. The largest absolute Gasteiger partial charge is 0.320 e. The molecule has 1 amide bonds. The fourth-order valence-corrected chi connectivity index (χ4v) is 3.06. The Morgan fingerprint density at radius 1 is 1.15 bits per heavy atom. The number of amides is 1. The zero-order valence-electron chi connectivity index (χ0n) is 13.8. The summed E-state index contributed by atoms with van der Waals surface area (Å²) in [7, 11) is -3.82. The standard InChI is InChI=1S/C17H16N4O4S/c1-2-21-14-6-4-3-5-13(14)16(22)15(20-21)17(23)19-11-7-9-12(10-8-11)26(18,24)25/h3-10H,2H2,1H3,(H,19,23)(H2,18,24,25). The van der Waals surface area contributed by atoms with Gasteiger partial charge in [-0.15, -0.1) is 0 Å². The number of carbonyl (C=O) groups is 1. The molecule has 8 nitrogen and oxygen atoms in total. The van der Waals surface area contributed by atoms with Gasteiger partial charge in [0, 0.05) is 17.6 Å². The first kappa shape index (κ1) is 17.8. The smallest absolute Gasteiger partial charge is 0.280 e. The summed E-state index contributed by atoms with van der Waals surface area (Å²) in [6.07, 6.45) is 0. The maximum absolute atomic E-state index is 12.6. The summed E-state index contributed by atoms with van der Waals surface area (Å²) < 4.78 is 24.1. The Morgan fingerprint density at radius 3 is 2.42 bits per heavy atom. The Morgan fingerprint density at radius 2 is 1.81 bits per heavy atom. The molecule has 9 heteroatoms. The van der Waals surface area contributed by atoms with Crippen LogP contribution in [0.5, 0.6) is 0 Å². The number of hydrogen-bond acceptors (Lipinski definition) is 5. The summed E-state index contributed by atoms with van der Waals surface area (Å²) in [5.74, 6) is -0.675. The number of benzene rings is 2. The molecule has 1 aromatic heterocycles. The van der Waals surface area contributed by atoms with Gasteiger partial charge in [0.05, 0.1) is 10.4 Å². The van der Waals surface area contributed by atoms with Crippen LogP contribution >= 0.6 is 0 Å². The Hall–Kier alpha value is -3.04. The van der Waals surface area contributed by atoms with Crippen molar-refractivity contribution in [1.82, 2.24) is 9.78 Å². The SMILES string of the molecule is CCn1nc(C(=O)Nc2ccc(S(N)(=O)=O)cc2)c(=O)c2ccccc21. The summed E-state index contributed by atoms with van der Waals surface area (Å²) in [6.45, 7) is 2.35. The second kappa shape index (κ2) is 6.70. The van der Waals surface area contributed by atoms with Crippen LogP contribution in [0.4, 0.5) is 5.69 Å². The number of carbonyl (C=O) groups excluding carboxylic acids is 1. The van der Waals surface area contributed by atoms with Gasteiger partial charge in [0.15, 0.2) is 5.69 Å². The van der Waals surface area contributed by atoms with Crippen LogP contribution in [0, 0.1) is 0 Å². The molecule has 0 bridgehead atoms. The van der Waals surface area contributed by atoms with E-state index in [4.69, 9.17) is 5.14 Å². The molecule has 134 valence electrons. The number of fused-ring (bicyclic) bond motifs is 1. The van der Waals surface area contributed by atoms with E-state index in [0.717, 1.165) is 0 Å². The highest BCUT2D eigenvalue weighted by Gasteiger charge is 2.17. The molecule has 0 fully saturated rings. The molecule has 26 heavy (non-hydrogen) atoms. The molecule has 3 N–H and O–H groups in total. The lowest BCUT2D eigenvalue weighted by Gasteiger charge is -2.10. The predicted molar refractivity (Wildman–Crippen MR) is 97.4 cm³/mol. The van der Waals surface area contributed by atoms with Crippen LogP contribution in [0.1, 0.15) is 17.4 Å². The van der Waals surface area contributed by atoms with Crippen molar-refractivity contribution < 1.29 is 13.2 Å². The fourth-order valence-electron chi connectivity index (χ4n) is 2.55. The first-order valence-electron chi connectivity index (χ1n) is 7.75. The first-order valence-corrected chi connectivity index (χ1v) is 9.30. The summed E-state index contributed by atoms with van der Waals surface area (Å²) in [5, 5.41) is 12.1. The second-order valence-corrected chi connectivity index (χ2v) is 7.10. The maximum Gasteiger partial charge on any atom is 0.280 e. The molecule has 0 spiro atoms. The third-order valence-electron chi connectivity index (χ3n) is 3.82. The molecule has 0 unspecified atom stereocenters. The van der Waals surface area contributed by atoms with Crippen LogP contribution in [0.2, 0.25) is 0 Å². The van der Waals surface area contributed by atoms with E-state index in [1.165, 1.54) is 24.3 Å². The van der Waals surface area contributed by atoms with Gasteiger partial charge in [-0.05, 0) is 43.3 Å². The molecule has 2 aromatic carbocycles. The van der Waals surface area contributed by atoms with E-state index < -0.39 is 21.4 Å². The van der Waals surface area contributed by atoms with Crippen molar-refractivity contribution in [3.63, 3.8) is 0 Å². The topological polar surface area (TPSA) is 124 Å². The predicted octanol–water partition coefficient (Wildman–Crippen LogP) is 1.32. The maximum atomic E-state index is 12.6. The number of aromatic nitrogens is 2. The van der Waals surface area contributed by atoms with Crippen molar-refractivity contribution in [3.05, 3.63) is 64.4 Å². The van der Waals surface area contributed by atoms with Gasteiger partial charge < -0.3 is 5.32 Å². The lowest BCUT2D eigenvalue weighted by molar-refractivity contribution is 0.101. The molecule has 0 aliphatic heterocycles. The van der Waals surface area contributed by atoms with E-state index in [9.17, 15) is 18.0 Å². The quantitative estimate of drug-likeness (QED) is 0.715. The summed E-state index contributed by atoms with van der Waals surface area (Å²) in [4.78, 5) is 25.0. The molecule has 0 saturated carbocycles. The average Bonchev–Trinajstić information content (AvgIpc) is 2.62. The molecule has 1 heterocycles. The van der Waals surface area contributed by atoms with E-state index in [1.54, 1.807) is 28.9 Å². The zero-order chi connectivity index (χ0) is 18.9. The molecule has 0 aliphatic carbocycles. The zero-order valence-corrected chi connectivity index (χ0v) is 14.7. The summed E-state index contributed by atoms with van der Waals surface area (Å²) in [5.41, 5.74) is 0.263. The number of anilines is 1. The molecule has 0 aliphatic rings. The number of nitrogens with two attached hydrogens (primary N) is 1. The summed E-state index contributed by atoms with van der Waals surface area (Å²) in [6, 6.07) is 12.2. The number of nitrogens with zero attached hydrogens (tertiary/aromatic N) is 2. The van der Waals surface area contributed by atoms with E-state index in [-0.39, 0.29) is 10.6 Å². The number of para-hydroxylation sites is 1. The van der Waals surface area contributed by atoms with Crippen molar-refractivity contribution in [2.24, 2.45) is 5.14 Å². The van der Waals surface area contributed by atoms with Crippen LogP contribution in [-0.2, 0) is 16.6 Å². The second-order valence-electron chi connectivity index (χ2n) is 5.53. The minimum atomic E-state index is -3.82. The molecular formula is C17H16N4O4S. The number of sulfonamides is 1. The average molecular weight is 372 g/mol. The van der Waals surface area contributed by atoms with Gasteiger partial charge in [0.1, 0.15) is 0 Å². The van der Waals surface area contributed by atoms with Crippen LogP contribution in [0.3, 0.4) is 0 Å². The monoisotopic (exact) mass is 372 g/mol. The lowest BCUT2D eigenvalue weighted by atomic mass is 10.2. The number of nitrogens with one attached hydrogen (secondary N) is 1. The van der Waals surface area contributed by atoms with E-state index in [1.807, 2.05) is 6.92 Å². The van der Waals surface area contributed by atoms with Gasteiger partial charge >= 0.3 is 0 Å². The fraction of sp³-hybridized carbons (Fsp3) is 0.118. The van der Waals surface area contributed by atoms with E-state index in [2.05, 4.69) is 10.4 Å². The first-order chi connectivity index (χ1) is 12.3. The van der Waals surface area contributed by atoms with Crippen LogP contribution in [0.15, 0.2) is 58.2 Å². The summed E-state index contributed by atoms with van der Waals surface area (Å²) >= 11 is 0.